The first kappa shape index (κ1) is 11.3. The smallest absolute Gasteiger partial charge is 0.396 e. The van der Waals surface area contributed by atoms with E-state index in [1.165, 1.54) is 0 Å². The van der Waals surface area contributed by atoms with Crippen LogP contribution in [0.5, 0.6) is 0 Å². The third kappa shape index (κ3) is 11.2. The zero-order chi connectivity index (χ0) is 4.83. The molecule has 0 heterocycles. The number of aliphatic hydroxyl groups is 1. The second-order valence-electron chi connectivity index (χ2n) is 1.28. The van der Waals surface area contributed by atoms with Crippen LogP contribution < -0.4 is 5.73 Å². The van der Waals surface area contributed by atoms with Gasteiger partial charge in [0.1, 0.15) is 0 Å². The molecule has 0 amide bonds. The number of hydrogen-bond donors (Lipinski definition) is 2. The molecule has 0 saturated carbocycles. The van der Waals surface area contributed by atoms with Crippen LogP contribution in [0.2, 0.25) is 0 Å². The van der Waals surface area contributed by atoms with E-state index in [0.717, 1.165) is 19.4 Å². The van der Waals surface area contributed by atoms with E-state index in [-0.39, 0.29) is 48.9 Å². The molecule has 0 aromatic carbocycles. The number of quaternary nitrogens is 1. The molecule has 0 aliphatic carbocycles. The summed E-state index contributed by atoms with van der Waals surface area (Å²) in [5.74, 6) is 0. The van der Waals surface area contributed by atoms with Crippen LogP contribution in [0, 0.1) is 0 Å². The number of rotatable bonds is 3. The Morgan fingerprint density at radius 2 is 1.86 bits per heavy atom. The summed E-state index contributed by atoms with van der Waals surface area (Å²) < 4.78 is 0. The van der Waals surface area contributed by atoms with Crippen LogP contribution in [0.3, 0.4) is 0 Å². The van der Waals surface area contributed by atoms with Crippen molar-refractivity contribution >= 4 is 48.9 Å². The Hall–Kier alpha value is 1.49. The van der Waals surface area contributed by atoms with Gasteiger partial charge in [-0.05, 0) is 12.8 Å². The van der Waals surface area contributed by atoms with Gasteiger partial charge in [0.25, 0.3) is 0 Å². The molecule has 0 aliphatic rings. The van der Waals surface area contributed by atoms with Gasteiger partial charge in [-0.2, -0.15) is 0 Å². The van der Waals surface area contributed by atoms with Crippen molar-refractivity contribution in [2.24, 2.45) is 0 Å². The molecule has 0 radical (unpaired) electrons. The van der Waals surface area contributed by atoms with E-state index >= 15 is 0 Å². The standard InChI is InChI=1S/C4H11NO.Ba/c5-3-1-2-4-6;/h6H,1-5H2;/q;+2/p+1. The van der Waals surface area contributed by atoms with Gasteiger partial charge in [0.15, 0.2) is 0 Å². The molecule has 0 saturated heterocycles. The SMILES string of the molecule is [Ba+2].[NH3+]CCCCO. The average molecular weight is 227 g/mol. The van der Waals surface area contributed by atoms with E-state index < -0.39 is 0 Å². The zero-order valence-electron chi connectivity index (χ0n) is 4.69. The number of unbranched alkanes of at least 4 members (excludes halogenated alkanes) is 1. The minimum absolute atomic E-state index is 0. The van der Waals surface area contributed by atoms with Crippen LogP contribution in [0.25, 0.3) is 0 Å². The van der Waals surface area contributed by atoms with Gasteiger partial charge < -0.3 is 10.8 Å². The van der Waals surface area contributed by atoms with Crippen molar-refractivity contribution in [1.82, 2.24) is 0 Å². The topological polar surface area (TPSA) is 47.9 Å². The fraction of sp³-hybridized carbons (Fsp3) is 1.00. The molecular weight excluding hydrogens is 215 g/mol. The predicted molar refractivity (Wildman–Crippen MR) is 29.8 cm³/mol. The third-order valence-electron chi connectivity index (χ3n) is 0.658. The Morgan fingerprint density at radius 3 is 2.00 bits per heavy atom. The van der Waals surface area contributed by atoms with Gasteiger partial charge in [0.05, 0.1) is 6.54 Å². The first-order valence-corrected chi connectivity index (χ1v) is 2.32. The Bertz CT molecular complexity index is 23.7. The maximum absolute atomic E-state index is 8.17. The van der Waals surface area contributed by atoms with Gasteiger partial charge in [0.2, 0.25) is 0 Å². The van der Waals surface area contributed by atoms with Gasteiger partial charge in [-0.3, -0.25) is 0 Å². The Morgan fingerprint density at radius 1 is 1.29 bits per heavy atom. The molecule has 4 N–H and O–H groups in total. The van der Waals surface area contributed by atoms with Crippen LogP contribution in [0.1, 0.15) is 12.8 Å². The summed E-state index contributed by atoms with van der Waals surface area (Å²) in [4.78, 5) is 0. The molecule has 0 aliphatic heterocycles. The molecule has 0 atom stereocenters. The molecule has 2 nitrogen and oxygen atoms in total. The molecule has 38 valence electrons. The van der Waals surface area contributed by atoms with Gasteiger partial charge >= 0.3 is 48.9 Å². The molecule has 0 unspecified atom stereocenters. The Kier molecular flexibility index (Phi) is 16.9. The normalized spacial score (nSPS) is 7.71. The fourth-order valence-corrected chi connectivity index (χ4v) is 0.289. The van der Waals surface area contributed by atoms with Crippen LogP contribution in [0.15, 0.2) is 0 Å². The van der Waals surface area contributed by atoms with Crippen molar-refractivity contribution in [3.63, 3.8) is 0 Å². The largest absolute Gasteiger partial charge is 2.00 e. The Balaban J connectivity index is 0. The van der Waals surface area contributed by atoms with Gasteiger partial charge in [-0.15, -0.1) is 0 Å². The molecule has 0 rings (SSSR count). The molecule has 0 spiro atoms. The van der Waals surface area contributed by atoms with E-state index in [1.807, 2.05) is 0 Å². The van der Waals surface area contributed by atoms with E-state index in [9.17, 15) is 0 Å². The minimum Gasteiger partial charge on any atom is -0.396 e. The summed E-state index contributed by atoms with van der Waals surface area (Å²) in [6, 6.07) is 0. The summed E-state index contributed by atoms with van der Waals surface area (Å²) in [6.07, 6.45) is 1.96. The molecule has 7 heavy (non-hydrogen) atoms. The van der Waals surface area contributed by atoms with Crippen molar-refractivity contribution in [2.45, 2.75) is 12.8 Å². The van der Waals surface area contributed by atoms with Crippen molar-refractivity contribution in [3.8, 4) is 0 Å². The fourth-order valence-electron chi connectivity index (χ4n) is 0.289. The Labute approximate surface area is 84.5 Å². The zero-order valence-corrected chi connectivity index (χ0v) is 9.13. The molecule has 3 heteroatoms. The predicted octanol–water partition coefficient (Wildman–Crippen LogP) is -1.38. The molecule has 0 fully saturated rings. The maximum Gasteiger partial charge on any atom is 2.00 e. The second kappa shape index (κ2) is 10.5. The van der Waals surface area contributed by atoms with E-state index in [2.05, 4.69) is 5.73 Å². The summed E-state index contributed by atoms with van der Waals surface area (Å²) in [5.41, 5.74) is 3.61. The van der Waals surface area contributed by atoms with Gasteiger partial charge in [0, 0.05) is 6.61 Å². The number of hydrogen-bond acceptors (Lipinski definition) is 1. The van der Waals surface area contributed by atoms with Crippen molar-refractivity contribution in [3.05, 3.63) is 0 Å². The average Bonchev–Trinajstić information content (AvgIpc) is 1.61. The minimum atomic E-state index is 0. The summed E-state index contributed by atoms with van der Waals surface area (Å²) in [5, 5.41) is 8.17. The quantitative estimate of drug-likeness (QED) is 0.453. The summed E-state index contributed by atoms with van der Waals surface area (Å²) in [6.45, 7) is 1.26. The molecule has 0 aromatic rings. The molecule has 0 aromatic heterocycles. The second-order valence-corrected chi connectivity index (χ2v) is 1.28. The van der Waals surface area contributed by atoms with Crippen LogP contribution in [-0.2, 0) is 0 Å². The summed E-state index contributed by atoms with van der Waals surface area (Å²) >= 11 is 0. The van der Waals surface area contributed by atoms with Crippen molar-refractivity contribution in [1.29, 1.82) is 0 Å². The number of aliphatic hydroxyl groups excluding tert-OH is 1. The van der Waals surface area contributed by atoms with E-state index in [0.29, 0.717) is 6.61 Å². The van der Waals surface area contributed by atoms with Crippen molar-refractivity contribution in [2.75, 3.05) is 13.2 Å². The van der Waals surface area contributed by atoms with Crippen LogP contribution in [-0.4, -0.2) is 67.1 Å². The maximum atomic E-state index is 8.17. The molecule has 0 bridgehead atoms. The van der Waals surface area contributed by atoms with Crippen LogP contribution >= 0.6 is 0 Å². The van der Waals surface area contributed by atoms with Crippen LogP contribution in [0.4, 0.5) is 0 Å². The third-order valence-corrected chi connectivity index (χ3v) is 0.658. The summed E-state index contributed by atoms with van der Waals surface area (Å²) in [7, 11) is 0. The first-order valence-electron chi connectivity index (χ1n) is 2.32. The van der Waals surface area contributed by atoms with Gasteiger partial charge in [-0.1, -0.05) is 0 Å². The van der Waals surface area contributed by atoms with E-state index in [1.54, 1.807) is 0 Å². The van der Waals surface area contributed by atoms with E-state index in [4.69, 9.17) is 5.11 Å². The first-order chi connectivity index (χ1) is 2.91. The monoisotopic (exact) mass is 228 g/mol. The van der Waals surface area contributed by atoms with Gasteiger partial charge in [-0.25, -0.2) is 0 Å². The molecular formula is C4H12BaNO+3. The van der Waals surface area contributed by atoms with Crippen molar-refractivity contribution < 1.29 is 10.8 Å².